The van der Waals surface area contributed by atoms with Crippen LogP contribution in [0.25, 0.3) is 0 Å². The Morgan fingerprint density at radius 1 is 1.36 bits per heavy atom. The molecule has 1 unspecified atom stereocenters. The summed E-state index contributed by atoms with van der Waals surface area (Å²) in [7, 11) is -3.74. The zero-order valence-corrected chi connectivity index (χ0v) is 15.6. The van der Waals surface area contributed by atoms with Crippen LogP contribution in [0, 0.1) is 19.8 Å². The van der Waals surface area contributed by atoms with Crippen LogP contribution < -0.4 is 10.0 Å². The smallest absolute Gasteiger partial charge is 0.246 e. The van der Waals surface area contributed by atoms with Crippen LogP contribution >= 0.6 is 0 Å². The largest absolute Gasteiger partial charge is 0.360 e. The van der Waals surface area contributed by atoms with E-state index in [4.69, 9.17) is 4.52 Å². The second-order valence-corrected chi connectivity index (χ2v) is 8.09. The van der Waals surface area contributed by atoms with Crippen molar-refractivity contribution in [2.75, 3.05) is 19.6 Å². The summed E-state index contributed by atoms with van der Waals surface area (Å²) < 4.78 is 31.7. The molecule has 2 amide bonds. The van der Waals surface area contributed by atoms with Gasteiger partial charge in [0, 0.05) is 32.1 Å². The summed E-state index contributed by atoms with van der Waals surface area (Å²) in [6, 6.07) is 0.0622. The van der Waals surface area contributed by atoms with Crippen molar-refractivity contribution in [3.8, 4) is 0 Å². The van der Waals surface area contributed by atoms with Gasteiger partial charge in [0.05, 0.1) is 5.92 Å². The molecule has 1 aliphatic heterocycles. The van der Waals surface area contributed by atoms with E-state index in [2.05, 4.69) is 15.2 Å². The number of hydrogen-bond acceptors (Lipinski definition) is 6. The highest BCUT2D eigenvalue weighted by Crippen LogP contribution is 2.20. The van der Waals surface area contributed by atoms with Crippen LogP contribution in [0.1, 0.15) is 31.7 Å². The maximum atomic E-state index is 12.2. The number of sulfonamides is 1. The van der Waals surface area contributed by atoms with Crippen molar-refractivity contribution < 1.29 is 22.5 Å². The van der Waals surface area contributed by atoms with Gasteiger partial charge in [-0.1, -0.05) is 5.16 Å². The van der Waals surface area contributed by atoms with E-state index < -0.39 is 15.9 Å². The Morgan fingerprint density at radius 3 is 2.56 bits per heavy atom. The van der Waals surface area contributed by atoms with Crippen LogP contribution in [0.5, 0.6) is 0 Å². The summed E-state index contributed by atoms with van der Waals surface area (Å²) in [6.07, 6.45) is 0.189. The first-order chi connectivity index (χ1) is 11.6. The summed E-state index contributed by atoms with van der Waals surface area (Å²) in [5.74, 6) is -0.455. The van der Waals surface area contributed by atoms with E-state index in [1.165, 1.54) is 6.92 Å². The average Bonchev–Trinajstić information content (AvgIpc) is 3.06. The third-order valence-electron chi connectivity index (χ3n) is 4.11. The van der Waals surface area contributed by atoms with Gasteiger partial charge in [0.15, 0.2) is 5.76 Å². The first kappa shape index (κ1) is 19.4. The molecule has 2 heterocycles. The van der Waals surface area contributed by atoms with Crippen LogP contribution in [0.15, 0.2) is 9.42 Å². The van der Waals surface area contributed by atoms with E-state index in [-0.39, 0.29) is 53.7 Å². The zero-order valence-electron chi connectivity index (χ0n) is 14.8. The van der Waals surface area contributed by atoms with Gasteiger partial charge in [0.2, 0.25) is 21.8 Å². The standard InChI is InChI=1S/C15H24N4O5S/c1-9(2)19-8-12(7-13(19)20)15(21)16-5-6-17-25(22,23)14-10(3)18-24-11(14)4/h9,12,17H,5-8H2,1-4H3,(H,16,21). The third-order valence-corrected chi connectivity index (χ3v) is 5.81. The molecule has 0 saturated carbocycles. The Labute approximate surface area is 147 Å². The van der Waals surface area contributed by atoms with Crippen LogP contribution in [0.2, 0.25) is 0 Å². The molecule has 0 spiro atoms. The number of nitrogens with zero attached hydrogens (tertiary/aromatic N) is 2. The number of amides is 2. The molecule has 0 aliphatic carbocycles. The van der Waals surface area contributed by atoms with E-state index in [9.17, 15) is 18.0 Å². The molecule has 25 heavy (non-hydrogen) atoms. The minimum Gasteiger partial charge on any atom is -0.360 e. The van der Waals surface area contributed by atoms with Gasteiger partial charge in [0.25, 0.3) is 0 Å². The summed E-state index contributed by atoms with van der Waals surface area (Å²) in [5.41, 5.74) is 0.285. The quantitative estimate of drug-likeness (QED) is 0.647. The maximum Gasteiger partial charge on any atom is 0.246 e. The predicted octanol–water partition coefficient (Wildman–Crippen LogP) is -0.0572. The Bertz CT molecular complexity index is 736. The Balaban J connectivity index is 1.82. The first-order valence-electron chi connectivity index (χ1n) is 8.13. The van der Waals surface area contributed by atoms with Gasteiger partial charge in [-0.25, -0.2) is 13.1 Å². The van der Waals surface area contributed by atoms with E-state index in [0.717, 1.165) is 0 Å². The van der Waals surface area contributed by atoms with E-state index in [0.29, 0.717) is 6.54 Å². The molecule has 140 valence electrons. The second kappa shape index (κ2) is 7.52. The lowest BCUT2D eigenvalue weighted by Gasteiger charge is -2.20. The fourth-order valence-corrected chi connectivity index (χ4v) is 4.21. The Kier molecular flexibility index (Phi) is 5.83. The molecule has 9 nitrogen and oxygen atoms in total. The second-order valence-electron chi connectivity index (χ2n) is 6.38. The average molecular weight is 372 g/mol. The molecule has 1 atom stereocenters. The number of carbonyl (C=O) groups is 2. The lowest BCUT2D eigenvalue weighted by atomic mass is 10.1. The fraction of sp³-hybridized carbons (Fsp3) is 0.667. The molecule has 1 aromatic heterocycles. The Hall–Kier alpha value is -1.94. The molecule has 1 saturated heterocycles. The number of carbonyl (C=O) groups excluding carboxylic acids is 2. The van der Waals surface area contributed by atoms with Crippen molar-refractivity contribution in [3.05, 3.63) is 11.5 Å². The van der Waals surface area contributed by atoms with E-state index >= 15 is 0 Å². The van der Waals surface area contributed by atoms with Gasteiger partial charge >= 0.3 is 0 Å². The number of rotatable bonds is 7. The van der Waals surface area contributed by atoms with Crippen LogP contribution in [-0.4, -0.2) is 56.0 Å². The lowest BCUT2D eigenvalue weighted by Crippen LogP contribution is -2.39. The fourth-order valence-electron chi connectivity index (χ4n) is 2.85. The molecule has 2 N–H and O–H groups in total. The molecule has 1 aliphatic rings. The summed E-state index contributed by atoms with van der Waals surface area (Å²) in [4.78, 5) is 25.6. The van der Waals surface area contributed by atoms with Crippen molar-refractivity contribution in [3.63, 3.8) is 0 Å². The number of aromatic nitrogens is 1. The number of nitrogens with one attached hydrogen (secondary N) is 2. The van der Waals surface area contributed by atoms with Crippen LogP contribution in [0.3, 0.4) is 0 Å². The minimum atomic E-state index is -3.74. The molecule has 1 fully saturated rings. The van der Waals surface area contributed by atoms with Gasteiger partial charge in [-0.05, 0) is 27.7 Å². The molecule has 0 bridgehead atoms. The van der Waals surface area contributed by atoms with Crippen molar-refractivity contribution in [2.24, 2.45) is 5.92 Å². The molecular formula is C15H24N4O5S. The molecular weight excluding hydrogens is 348 g/mol. The maximum absolute atomic E-state index is 12.2. The third kappa shape index (κ3) is 4.37. The van der Waals surface area contributed by atoms with Gasteiger partial charge in [0.1, 0.15) is 10.6 Å². The first-order valence-corrected chi connectivity index (χ1v) is 9.61. The predicted molar refractivity (Wildman–Crippen MR) is 89.1 cm³/mol. The number of hydrogen-bond donors (Lipinski definition) is 2. The van der Waals surface area contributed by atoms with Crippen molar-refractivity contribution in [1.82, 2.24) is 20.1 Å². The number of aryl methyl sites for hydroxylation is 2. The molecule has 10 heteroatoms. The molecule has 2 rings (SSSR count). The highest BCUT2D eigenvalue weighted by Gasteiger charge is 2.35. The van der Waals surface area contributed by atoms with Crippen LogP contribution in [-0.2, 0) is 19.6 Å². The van der Waals surface area contributed by atoms with Crippen LogP contribution in [0.4, 0.5) is 0 Å². The monoisotopic (exact) mass is 372 g/mol. The lowest BCUT2D eigenvalue weighted by molar-refractivity contribution is -0.129. The topological polar surface area (TPSA) is 122 Å². The number of likely N-dealkylation sites (tertiary alicyclic amines) is 1. The highest BCUT2D eigenvalue weighted by molar-refractivity contribution is 7.89. The summed E-state index contributed by atoms with van der Waals surface area (Å²) in [5, 5.41) is 6.29. The zero-order chi connectivity index (χ0) is 18.8. The van der Waals surface area contributed by atoms with Gasteiger partial charge in [-0.15, -0.1) is 0 Å². The van der Waals surface area contributed by atoms with Crippen molar-refractivity contribution in [2.45, 2.75) is 45.1 Å². The van der Waals surface area contributed by atoms with Gasteiger partial charge in [-0.2, -0.15) is 0 Å². The summed E-state index contributed by atoms with van der Waals surface area (Å²) in [6.45, 7) is 7.44. The highest BCUT2D eigenvalue weighted by atomic mass is 32.2. The molecule has 1 aromatic rings. The minimum absolute atomic E-state index is 0.0211. The summed E-state index contributed by atoms with van der Waals surface area (Å²) >= 11 is 0. The van der Waals surface area contributed by atoms with E-state index in [1.807, 2.05) is 13.8 Å². The van der Waals surface area contributed by atoms with Gasteiger partial charge in [-0.3, -0.25) is 9.59 Å². The van der Waals surface area contributed by atoms with Gasteiger partial charge < -0.3 is 14.7 Å². The normalized spacial score (nSPS) is 18.2. The SMILES string of the molecule is Cc1noc(C)c1S(=O)(=O)NCCNC(=O)C1CC(=O)N(C(C)C)C1. The van der Waals surface area contributed by atoms with E-state index in [1.54, 1.807) is 11.8 Å². The van der Waals surface area contributed by atoms with Crippen molar-refractivity contribution >= 4 is 21.8 Å². The molecule has 0 radical (unpaired) electrons. The molecule has 0 aromatic carbocycles. The Morgan fingerprint density at radius 2 is 2.04 bits per heavy atom. The van der Waals surface area contributed by atoms with Crippen molar-refractivity contribution in [1.29, 1.82) is 0 Å².